The molecule has 3 heteroatoms. The van der Waals surface area contributed by atoms with Crippen LogP contribution in [-0.2, 0) is 6.42 Å². The standard InChI is InChI=1S/C18H18N2O/c1-21-13-9-10-16-17(11-13)20-18(19-16)15-8-4-6-12-5-2-3-7-14(12)15/h2-3,5,7,9-11,15H,4,6,8H2,1H3,(H,19,20). The van der Waals surface area contributed by atoms with E-state index in [0.717, 1.165) is 29.0 Å². The van der Waals surface area contributed by atoms with E-state index in [1.165, 1.54) is 24.0 Å². The van der Waals surface area contributed by atoms with E-state index in [2.05, 4.69) is 29.2 Å². The van der Waals surface area contributed by atoms with Gasteiger partial charge in [-0.05, 0) is 42.5 Å². The number of nitrogens with one attached hydrogen (secondary N) is 1. The van der Waals surface area contributed by atoms with Gasteiger partial charge in [-0.1, -0.05) is 24.3 Å². The number of ether oxygens (including phenoxy) is 1. The molecule has 0 saturated heterocycles. The number of nitrogens with zero attached hydrogens (tertiary/aromatic N) is 1. The predicted molar refractivity (Wildman–Crippen MR) is 83.9 cm³/mol. The average molecular weight is 278 g/mol. The number of hydrogen-bond donors (Lipinski definition) is 1. The molecule has 1 aromatic heterocycles. The molecule has 0 fully saturated rings. The second-order valence-electron chi connectivity index (χ2n) is 5.65. The third-order valence-corrected chi connectivity index (χ3v) is 4.41. The van der Waals surface area contributed by atoms with Crippen molar-refractivity contribution in [2.75, 3.05) is 7.11 Å². The monoisotopic (exact) mass is 278 g/mol. The molecule has 1 unspecified atom stereocenters. The molecule has 0 aliphatic heterocycles. The smallest absolute Gasteiger partial charge is 0.121 e. The zero-order valence-corrected chi connectivity index (χ0v) is 12.1. The lowest BCUT2D eigenvalue weighted by Gasteiger charge is -2.23. The molecule has 1 N–H and O–H groups in total. The molecular formula is C18H18N2O. The minimum absolute atomic E-state index is 0.383. The van der Waals surface area contributed by atoms with E-state index in [4.69, 9.17) is 9.72 Å². The molecule has 1 atom stereocenters. The summed E-state index contributed by atoms with van der Waals surface area (Å²) in [5.41, 5.74) is 4.95. The van der Waals surface area contributed by atoms with Crippen LogP contribution in [0.25, 0.3) is 11.0 Å². The molecular weight excluding hydrogens is 260 g/mol. The molecule has 3 aromatic rings. The molecule has 0 spiro atoms. The van der Waals surface area contributed by atoms with Crippen molar-refractivity contribution in [2.24, 2.45) is 0 Å². The maximum atomic E-state index is 5.29. The molecule has 1 aliphatic carbocycles. The quantitative estimate of drug-likeness (QED) is 0.768. The van der Waals surface area contributed by atoms with Crippen LogP contribution in [0.2, 0.25) is 0 Å². The molecule has 2 aromatic carbocycles. The summed E-state index contributed by atoms with van der Waals surface area (Å²) in [7, 11) is 1.69. The van der Waals surface area contributed by atoms with Gasteiger partial charge < -0.3 is 9.72 Å². The van der Waals surface area contributed by atoms with Gasteiger partial charge in [0, 0.05) is 12.0 Å². The lowest BCUT2D eigenvalue weighted by atomic mass is 9.82. The van der Waals surface area contributed by atoms with Gasteiger partial charge in [-0.2, -0.15) is 0 Å². The number of aryl methyl sites for hydroxylation is 1. The van der Waals surface area contributed by atoms with E-state index in [0.29, 0.717) is 5.92 Å². The van der Waals surface area contributed by atoms with Gasteiger partial charge in [0.05, 0.1) is 18.1 Å². The Hall–Kier alpha value is -2.29. The summed E-state index contributed by atoms with van der Waals surface area (Å²) in [5.74, 6) is 2.32. The van der Waals surface area contributed by atoms with Crippen molar-refractivity contribution in [3.63, 3.8) is 0 Å². The zero-order chi connectivity index (χ0) is 14.2. The van der Waals surface area contributed by atoms with Crippen molar-refractivity contribution in [1.82, 2.24) is 9.97 Å². The molecule has 0 saturated carbocycles. The largest absolute Gasteiger partial charge is 0.497 e. The highest BCUT2D eigenvalue weighted by Crippen LogP contribution is 2.36. The van der Waals surface area contributed by atoms with Crippen LogP contribution in [0.5, 0.6) is 5.75 Å². The Morgan fingerprint density at radius 3 is 3.00 bits per heavy atom. The highest BCUT2D eigenvalue weighted by atomic mass is 16.5. The van der Waals surface area contributed by atoms with Crippen LogP contribution < -0.4 is 4.74 Å². The summed E-state index contributed by atoms with van der Waals surface area (Å²) in [4.78, 5) is 8.29. The summed E-state index contributed by atoms with van der Waals surface area (Å²) in [5, 5.41) is 0. The SMILES string of the molecule is COc1ccc2nc(C3CCCc4ccccc43)[nH]c2c1. The number of imidazole rings is 1. The van der Waals surface area contributed by atoms with Crippen LogP contribution in [0.1, 0.15) is 35.7 Å². The fourth-order valence-corrected chi connectivity index (χ4v) is 3.34. The molecule has 0 radical (unpaired) electrons. The summed E-state index contributed by atoms with van der Waals surface area (Å²) in [6, 6.07) is 14.7. The van der Waals surface area contributed by atoms with Crippen molar-refractivity contribution in [1.29, 1.82) is 0 Å². The third kappa shape index (κ3) is 2.09. The Labute approximate surface area is 124 Å². The molecule has 1 aliphatic rings. The Bertz CT molecular complexity index is 791. The lowest BCUT2D eigenvalue weighted by molar-refractivity contribution is 0.415. The van der Waals surface area contributed by atoms with Crippen molar-refractivity contribution in [3.8, 4) is 5.75 Å². The van der Waals surface area contributed by atoms with E-state index < -0.39 is 0 Å². The number of aromatic nitrogens is 2. The Kier molecular flexibility index (Phi) is 2.92. The van der Waals surface area contributed by atoms with Gasteiger partial charge in [0.2, 0.25) is 0 Å². The van der Waals surface area contributed by atoms with E-state index in [9.17, 15) is 0 Å². The highest BCUT2D eigenvalue weighted by molar-refractivity contribution is 5.77. The Morgan fingerprint density at radius 2 is 2.10 bits per heavy atom. The second-order valence-corrected chi connectivity index (χ2v) is 5.65. The van der Waals surface area contributed by atoms with Crippen molar-refractivity contribution in [3.05, 3.63) is 59.4 Å². The van der Waals surface area contributed by atoms with Gasteiger partial charge in [0.25, 0.3) is 0 Å². The van der Waals surface area contributed by atoms with E-state index in [1.807, 2.05) is 18.2 Å². The number of benzene rings is 2. The molecule has 1 heterocycles. The molecule has 106 valence electrons. The third-order valence-electron chi connectivity index (χ3n) is 4.41. The van der Waals surface area contributed by atoms with E-state index in [1.54, 1.807) is 7.11 Å². The van der Waals surface area contributed by atoms with Gasteiger partial charge in [-0.3, -0.25) is 0 Å². The van der Waals surface area contributed by atoms with Crippen LogP contribution in [0.3, 0.4) is 0 Å². The van der Waals surface area contributed by atoms with Crippen molar-refractivity contribution < 1.29 is 4.74 Å². The van der Waals surface area contributed by atoms with Crippen molar-refractivity contribution in [2.45, 2.75) is 25.2 Å². The second kappa shape index (κ2) is 4.92. The maximum Gasteiger partial charge on any atom is 0.121 e. The van der Waals surface area contributed by atoms with E-state index >= 15 is 0 Å². The fourth-order valence-electron chi connectivity index (χ4n) is 3.34. The minimum atomic E-state index is 0.383. The summed E-state index contributed by atoms with van der Waals surface area (Å²) in [6.45, 7) is 0. The summed E-state index contributed by atoms with van der Waals surface area (Å²) >= 11 is 0. The predicted octanol–water partition coefficient (Wildman–Crippen LogP) is 4.04. The number of aromatic amines is 1. The first-order valence-corrected chi connectivity index (χ1v) is 7.46. The van der Waals surface area contributed by atoms with Gasteiger partial charge in [0.15, 0.2) is 0 Å². The molecule has 3 nitrogen and oxygen atoms in total. The number of hydrogen-bond acceptors (Lipinski definition) is 2. The van der Waals surface area contributed by atoms with Crippen molar-refractivity contribution >= 4 is 11.0 Å². The lowest BCUT2D eigenvalue weighted by Crippen LogP contribution is -2.12. The fraction of sp³-hybridized carbons (Fsp3) is 0.278. The molecule has 0 bridgehead atoms. The Balaban J connectivity index is 1.80. The molecule has 0 amide bonds. The zero-order valence-electron chi connectivity index (χ0n) is 12.1. The van der Waals surface area contributed by atoms with Crippen LogP contribution in [0.15, 0.2) is 42.5 Å². The summed E-state index contributed by atoms with van der Waals surface area (Å²) < 4.78 is 5.29. The van der Waals surface area contributed by atoms with Crippen LogP contribution in [0, 0.1) is 0 Å². The first-order valence-electron chi connectivity index (χ1n) is 7.46. The number of rotatable bonds is 2. The first kappa shape index (κ1) is 12.5. The van der Waals surface area contributed by atoms with Gasteiger partial charge >= 0.3 is 0 Å². The normalized spacial score (nSPS) is 17.7. The van der Waals surface area contributed by atoms with Gasteiger partial charge in [-0.15, -0.1) is 0 Å². The first-order chi connectivity index (χ1) is 10.3. The van der Waals surface area contributed by atoms with Gasteiger partial charge in [0.1, 0.15) is 11.6 Å². The van der Waals surface area contributed by atoms with Crippen LogP contribution >= 0.6 is 0 Å². The van der Waals surface area contributed by atoms with Crippen LogP contribution in [-0.4, -0.2) is 17.1 Å². The number of H-pyrrole nitrogens is 1. The number of fused-ring (bicyclic) bond motifs is 2. The maximum absolute atomic E-state index is 5.29. The topological polar surface area (TPSA) is 37.9 Å². The number of methoxy groups -OCH3 is 1. The summed E-state index contributed by atoms with van der Waals surface area (Å²) in [6.07, 6.45) is 3.57. The molecule has 4 rings (SSSR count). The highest BCUT2D eigenvalue weighted by Gasteiger charge is 2.24. The van der Waals surface area contributed by atoms with Gasteiger partial charge in [-0.25, -0.2) is 4.98 Å². The average Bonchev–Trinajstić information content (AvgIpc) is 2.97. The Morgan fingerprint density at radius 1 is 1.19 bits per heavy atom. The molecule has 21 heavy (non-hydrogen) atoms. The van der Waals surface area contributed by atoms with Crippen LogP contribution in [0.4, 0.5) is 0 Å². The van der Waals surface area contributed by atoms with E-state index in [-0.39, 0.29) is 0 Å². The minimum Gasteiger partial charge on any atom is -0.497 e.